The van der Waals surface area contributed by atoms with Crippen LogP contribution in [0, 0.1) is 12.3 Å². The molecule has 0 spiro atoms. The van der Waals surface area contributed by atoms with Gasteiger partial charge >= 0.3 is 0 Å². The highest BCUT2D eigenvalue weighted by molar-refractivity contribution is 5.95. The van der Waals surface area contributed by atoms with Crippen molar-refractivity contribution < 1.29 is 18.7 Å². The first kappa shape index (κ1) is 23.5. The maximum absolute atomic E-state index is 12.2. The van der Waals surface area contributed by atoms with Crippen LogP contribution in [0.5, 0.6) is 5.75 Å². The largest absolute Gasteiger partial charge is 0.486 e. The summed E-state index contributed by atoms with van der Waals surface area (Å²) in [6.07, 6.45) is 1.56. The van der Waals surface area contributed by atoms with E-state index in [2.05, 4.69) is 19.9 Å². The summed E-state index contributed by atoms with van der Waals surface area (Å²) in [6.45, 7) is 11.9. The molecule has 3 aromatic rings. The number of aromatic nitrogens is 1. The molecule has 0 radical (unpaired) electrons. The van der Waals surface area contributed by atoms with Crippen molar-refractivity contribution >= 4 is 22.8 Å². The fraction of sp³-hybridized carbons (Fsp3) is 0.423. The number of nitrogens with zero attached hydrogens (tertiary/aromatic N) is 1. The quantitative estimate of drug-likeness (QED) is 0.514. The van der Waals surface area contributed by atoms with Crippen molar-refractivity contribution in [3.05, 3.63) is 59.0 Å². The van der Waals surface area contributed by atoms with Crippen molar-refractivity contribution in [3.8, 4) is 5.75 Å². The molecule has 0 atom stereocenters. The van der Waals surface area contributed by atoms with Crippen LogP contribution in [0.25, 0.3) is 11.1 Å². The van der Waals surface area contributed by atoms with Gasteiger partial charge in [-0.2, -0.15) is 0 Å². The predicted molar refractivity (Wildman–Crippen MR) is 125 cm³/mol. The normalized spacial score (nSPS) is 12.2. The molecule has 1 heterocycles. The number of Topliss-reactive ketones (excluding diaryl/α,β-unsaturated/α-hetero) is 1. The zero-order chi connectivity index (χ0) is 23.7. The van der Waals surface area contributed by atoms with Gasteiger partial charge in [0.2, 0.25) is 11.8 Å². The smallest absolute Gasteiger partial charge is 0.248 e. The molecule has 0 saturated carbocycles. The monoisotopic (exact) mass is 436 g/mol. The van der Waals surface area contributed by atoms with Gasteiger partial charge in [0.15, 0.2) is 11.4 Å². The van der Waals surface area contributed by atoms with Crippen molar-refractivity contribution in [1.82, 2.24) is 4.98 Å². The van der Waals surface area contributed by atoms with Crippen molar-refractivity contribution in [2.24, 2.45) is 11.1 Å². The van der Waals surface area contributed by atoms with E-state index < -0.39 is 16.7 Å². The number of fused-ring (bicyclic) bond motifs is 1. The van der Waals surface area contributed by atoms with E-state index in [9.17, 15) is 9.59 Å². The fourth-order valence-corrected chi connectivity index (χ4v) is 3.84. The van der Waals surface area contributed by atoms with E-state index in [0.717, 1.165) is 24.0 Å². The second-order valence-electron chi connectivity index (χ2n) is 9.30. The lowest BCUT2D eigenvalue weighted by Crippen LogP contribution is -2.27. The minimum atomic E-state index is -0.502. The summed E-state index contributed by atoms with van der Waals surface area (Å²) >= 11 is 0. The van der Waals surface area contributed by atoms with Crippen LogP contribution in [0.2, 0.25) is 0 Å². The molecule has 0 aliphatic carbocycles. The number of nitrogens with two attached hydrogens (primary N) is 1. The van der Waals surface area contributed by atoms with Crippen LogP contribution in [-0.2, 0) is 10.2 Å². The maximum atomic E-state index is 12.2. The highest BCUT2D eigenvalue weighted by atomic mass is 16.5. The third-order valence-corrected chi connectivity index (χ3v) is 6.21. The van der Waals surface area contributed by atoms with Crippen LogP contribution in [0.4, 0.5) is 0 Å². The van der Waals surface area contributed by atoms with Crippen LogP contribution in [0.15, 0.2) is 40.8 Å². The molecule has 3 rings (SSSR count). The second kappa shape index (κ2) is 8.77. The van der Waals surface area contributed by atoms with E-state index >= 15 is 0 Å². The Morgan fingerprint density at radius 2 is 1.75 bits per heavy atom. The van der Waals surface area contributed by atoms with E-state index in [4.69, 9.17) is 19.9 Å². The number of hydrogen-bond acceptors (Lipinski definition) is 5. The number of carbonyl (C=O) groups is 2. The third-order valence-electron chi connectivity index (χ3n) is 6.21. The lowest BCUT2D eigenvalue weighted by molar-refractivity contribution is -0.128. The van der Waals surface area contributed by atoms with Gasteiger partial charge in [-0.15, -0.1) is 0 Å². The van der Waals surface area contributed by atoms with Gasteiger partial charge in [0.1, 0.15) is 17.9 Å². The van der Waals surface area contributed by atoms with E-state index in [1.165, 1.54) is 0 Å². The highest BCUT2D eigenvalue weighted by Gasteiger charge is 2.36. The zero-order valence-corrected chi connectivity index (χ0v) is 19.7. The summed E-state index contributed by atoms with van der Waals surface area (Å²) in [4.78, 5) is 28.5. The minimum Gasteiger partial charge on any atom is -0.486 e. The number of ketones is 1. The van der Waals surface area contributed by atoms with Gasteiger partial charge in [0, 0.05) is 11.0 Å². The zero-order valence-electron chi connectivity index (χ0n) is 19.7. The Kier molecular flexibility index (Phi) is 6.44. The number of oxazole rings is 1. The molecule has 6 nitrogen and oxygen atoms in total. The molecular weight excluding hydrogens is 404 g/mol. The molecule has 2 N–H and O–H groups in total. The summed E-state index contributed by atoms with van der Waals surface area (Å²) in [5.74, 6) is 0.851. The lowest BCUT2D eigenvalue weighted by Gasteiger charge is -2.29. The van der Waals surface area contributed by atoms with Crippen molar-refractivity contribution in [2.75, 3.05) is 6.61 Å². The molecule has 170 valence electrons. The summed E-state index contributed by atoms with van der Waals surface area (Å²) in [6, 6.07) is 11.1. The van der Waals surface area contributed by atoms with Crippen LogP contribution in [-0.4, -0.2) is 23.3 Å². The van der Waals surface area contributed by atoms with Crippen LogP contribution < -0.4 is 10.5 Å². The summed E-state index contributed by atoms with van der Waals surface area (Å²) in [5, 5.41) is 0. The minimum absolute atomic E-state index is 0.0453. The fourth-order valence-electron chi connectivity index (χ4n) is 3.84. The molecule has 0 saturated heterocycles. The molecular formula is C26H32N2O4. The van der Waals surface area contributed by atoms with Gasteiger partial charge in [0.05, 0.1) is 5.41 Å². The Labute approximate surface area is 189 Å². The SMILES string of the molecule is CCC(CC)(c1ccc(OCC(=O)C(C)(C)C)c(C)c1)c1nc2ccc(C(N)=O)cc2o1. The van der Waals surface area contributed by atoms with Crippen LogP contribution in [0.3, 0.4) is 0 Å². The number of carbonyl (C=O) groups excluding carboxylic acids is 2. The van der Waals surface area contributed by atoms with Gasteiger partial charge in [-0.3, -0.25) is 9.59 Å². The average Bonchev–Trinajstić information content (AvgIpc) is 3.17. The maximum Gasteiger partial charge on any atom is 0.248 e. The van der Waals surface area contributed by atoms with E-state index in [1.807, 2.05) is 39.8 Å². The molecule has 1 amide bonds. The summed E-state index contributed by atoms with van der Waals surface area (Å²) < 4.78 is 12.0. The lowest BCUT2D eigenvalue weighted by atomic mass is 9.75. The number of benzene rings is 2. The van der Waals surface area contributed by atoms with Crippen molar-refractivity contribution in [1.29, 1.82) is 0 Å². The van der Waals surface area contributed by atoms with Crippen LogP contribution in [0.1, 0.15) is 74.8 Å². The Balaban J connectivity index is 1.97. The van der Waals surface area contributed by atoms with Gasteiger partial charge in [-0.1, -0.05) is 46.8 Å². The first-order valence-corrected chi connectivity index (χ1v) is 11.0. The molecule has 0 fully saturated rings. The first-order chi connectivity index (χ1) is 15.0. The summed E-state index contributed by atoms with van der Waals surface area (Å²) in [7, 11) is 0. The van der Waals surface area contributed by atoms with E-state index in [0.29, 0.717) is 28.3 Å². The number of rotatable bonds is 8. The van der Waals surface area contributed by atoms with E-state index in [1.54, 1.807) is 18.2 Å². The molecule has 0 bridgehead atoms. The van der Waals surface area contributed by atoms with Gasteiger partial charge in [0.25, 0.3) is 0 Å². The molecule has 0 unspecified atom stereocenters. The number of amides is 1. The molecule has 0 aliphatic heterocycles. The average molecular weight is 437 g/mol. The summed E-state index contributed by atoms with van der Waals surface area (Å²) in [5.41, 5.74) is 8.17. The first-order valence-electron chi connectivity index (χ1n) is 11.0. The highest BCUT2D eigenvalue weighted by Crippen LogP contribution is 2.41. The Hall–Kier alpha value is -3.15. The standard InChI is InChI=1S/C26H32N2O4/c1-7-26(8-2,24-28-19-11-9-17(23(27)30)14-21(19)32-24)18-10-12-20(16(3)13-18)31-15-22(29)25(4,5)6/h9-14H,7-8,15H2,1-6H3,(H2,27,30). The molecule has 6 heteroatoms. The number of primary amides is 1. The van der Waals surface area contributed by atoms with Gasteiger partial charge in [-0.25, -0.2) is 4.98 Å². The van der Waals surface area contributed by atoms with E-state index in [-0.39, 0.29) is 12.4 Å². The number of hydrogen-bond donors (Lipinski definition) is 1. The van der Waals surface area contributed by atoms with Crippen molar-refractivity contribution in [2.45, 2.75) is 59.8 Å². The van der Waals surface area contributed by atoms with Crippen LogP contribution >= 0.6 is 0 Å². The second-order valence-corrected chi connectivity index (χ2v) is 9.30. The molecule has 0 aliphatic rings. The Morgan fingerprint density at radius 1 is 1.06 bits per heavy atom. The van der Waals surface area contributed by atoms with Crippen molar-refractivity contribution in [3.63, 3.8) is 0 Å². The molecule has 2 aromatic carbocycles. The Morgan fingerprint density at radius 3 is 2.31 bits per heavy atom. The topological polar surface area (TPSA) is 95.4 Å². The molecule has 32 heavy (non-hydrogen) atoms. The van der Waals surface area contributed by atoms with Gasteiger partial charge < -0.3 is 14.9 Å². The third kappa shape index (κ3) is 4.40. The Bertz CT molecular complexity index is 1150. The molecule has 1 aromatic heterocycles. The predicted octanol–water partition coefficient (Wildman–Crippen LogP) is 5.34. The van der Waals surface area contributed by atoms with Gasteiger partial charge in [-0.05, 0) is 55.2 Å². The number of ether oxygens (including phenoxy) is 1. The number of aryl methyl sites for hydroxylation is 1.